The van der Waals surface area contributed by atoms with Crippen LogP contribution in [-0.2, 0) is 17.6 Å². The molecule has 2 atom stereocenters. The van der Waals surface area contributed by atoms with Gasteiger partial charge in [-0.1, -0.05) is 42.5 Å². The van der Waals surface area contributed by atoms with E-state index in [2.05, 4.69) is 0 Å². The molecular formula is C27H23N3O5. The average molecular weight is 469 g/mol. The number of para-hydroxylation sites is 1. The van der Waals surface area contributed by atoms with Gasteiger partial charge in [0.25, 0.3) is 23.4 Å². The van der Waals surface area contributed by atoms with Crippen LogP contribution >= 0.6 is 0 Å². The van der Waals surface area contributed by atoms with Crippen molar-refractivity contribution in [1.82, 2.24) is 4.90 Å². The number of imide groups is 1. The molecule has 0 aromatic heterocycles. The summed E-state index contributed by atoms with van der Waals surface area (Å²) in [5, 5.41) is 11.1. The van der Waals surface area contributed by atoms with E-state index in [1.54, 1.807) is 41.3 Å². The molecule has 0 N–H and O–H groups in total. The zero-order chi connectivity index (χ0) is 24.7. The third kappa shape index (κ3) is 3.86. The fourth-order valence-electron chi connectivity index (χ4n) is 4.94. The SMILES string of the molecule is C[C@H]1CCc2ccccc2N1C(=O)[C@H](Cc1ccc([N+](=O)[O-])cc1)N1C(=O)c2ccccc2C1=O. The minimum Gasteiger partial charge on any atom is -0.308 e. The third-order valence-corrected chi connectivity index (χ3v) is 6.76. The van der Waals surface area contributed by atoms with E-state index in [4.69, 9.17) is 0 Å². The molecule has 2 heterocycles. The number of rotatable bonds is 5. The van der Waals surface area contributed by atoms with Gasteiger partial charge in [-0.2, -0.15) is 0 Å². The Morgan fingerprint density at radius 3 is 2.20 bits per heavy atom. The van der Waals surface area contributed by atoms with Crippen molar-refractivity contribution in [3.63, 3.8) is 0 Å². The van der Waals surface area contributed by atoms with Gasteiger partial charge in [0.15, 0.2) is 0 Å². The largest absolute Gasteiger partial charge is 0.308 e. The zero-order valence-electron chi connectivity index (χ0n) is 19.1. The van der Waals surface area contributed by atoms with Crippen LogP contribution in [0.15, 0.2) is 72.8 Å². The Hall–Kier alpha value is -4.33. The molecule has 0 bridgehead atoms. The standard InChI is InChI=1S/C27H23N3O5/c1-17-10-13-19-6-2-5-9-23(19)28(17)27(33)24(16-18-11-14-20(15-12-18)30(34)35)29-25(31)21-7-3-4-8-22(21)26(29)32/h2-9,11-12,14-15,17,24H,10,13,16H2,1H3/t17-,24-/m0/s1. The number of anilines is 1. The molecule has 8 heteroatoms. The van der Waals surface area contributed by atoms with Crippen molar-refractivity contribution < 1.29 is 19.3 Å². The number of hydrogen-bond donors (Lipinski definition) is 0. The number of non-ortho nitro benzene ring substituents is 1. The Morgan fingerprint density at radius 1 is 0.971 bits per heavy atom. The maximum atomic E-state index is 14.2. The van der Waals surface area contributed by atoms with E-state index in [1.165, 1.54) is 12.1 Å². The molecule has 0 saturated carbocycles. The highest BCUT2D eigenvalue weighted by Crippen LogP contribution is 2.34. The molecule has 3 amide bonds. The number of nitro groups is 1. The summed E-state index contributed by atoms with van der Waals surface area (Å²) in [6.07, 6.45) is 1.64. The average Bonchev–Trinajstić information content (AvgIpc) is 3.12. The van der Waals surface area contributed by atoms with E-state index in [9.17, 15) is 24.5 Å². The fraction of sp³-hybridized carbons (Fsp3) is 0.222. The van der Waals surface area contributed by atoms with Gasteiger partial charge in [-0.05, 0) is 49.1 Å². The molecule has 0 aliphatic carbocycles. The van der Waals surface area contributed by atoms with Crippen molar-refractivity contribution in [3.8, 4) is 0 Å². The minimum atomic E-state index is -1.10. The van der Waals surface area contributed by atoms with Crippen LogP contribution in [0, 0.1) is 10.1 Å². The van der Waals surface area contributed by atoms with Crippen LogP contribution in [0.1, 0.15) is 45.2 Å². The lowest BCUT2D eigenvalue weighted by atomic mass is 9.94. The lowest BCUT2D eigenvalue weighted by Gasteiger charge is -2.39. The van der Waals surface area contributed by atoms with Crippen molar-refractivity contribution >= 4 is 29.1 Å². The predicted octanol–water partition coefficient (Wildman–Crippen LogP) is 4.17. The molecular weight excluding hydrogens is 446 g/mol. The zero-order valence-corrected chi connectivity index (χ0v) is 19.1. The second-order valence-electron chi connectivity index (χ2n) is 8.89. The van der Waals surface area contributed by atoms with Crippen molar-refractivity contribution in [3.05, 3.63) is 105 Å². The smallest absolute Gasteiger partial charge is 0.269 e. The molecule has 0 saturated heterocycles. The Kier molecular flexibility index (Phi) is 5.64. The Labute approximate surface area is 201 Å². The van der Waals surface area contributed by atoms with E-state index < -0.39 is 22.8 Å². The highest BCUT2D eigenvalue weighted by molar-refractivity contribution is 6.23. The third-order valence-electron chi connectivity index (χ3n) is 6.76. The van der Waals surface area contributed by atoms with Crippen LogP contribution in [0.2, 0.25) is 0 Å². The number of benzene rings is 3. The lowest BCUT2D eigenvalue weighted by molar-refractivity contribution is -0.384. The van der Waals surface area contributed by atoms with Gasteiger partial charge in [0.05, 0.1) is 16.1 Å². The molecule has 0 fully saturated rings. The molecule has 0 unspecified atom stereocenters. The van der Waals surface area contributed by atoms with Crippen molar-refractivity contribution in [2.24, 2.45) is 0 Å². The summed E-state index contributed by atoms with van der Waals surface area (Å²) in [5.74, 6) is -1.37. The van der Waals surface area contributed by atoms with Gasteiger partial charge in [0, 0.05) is 30.3 Å². The van der Waals surface area contributed by atoms with Gasteiger partial charge in [-0.25, -0.2) is 0 Å². The molecule has 8 nitrogen and oxygen atoms in total. The normalized spacial score (nSPS) is 17.7. The second-order valence-corrected chi connectivity index (χ2v) is 8.89. The molecule has 3 aromatic carbocycles. The molecule has 0 spiro atoms. The van der Waals surface area contributed by atoms with E-state index in [0.29, 0.717) is 5.56 Å². The molecule has 0 radical (unpaired) electrons. The number of fused-ring (bicyclic) bond motifs is 2. The number of nitrogens with zero attached hydrogens (tertiary/aromatic N) is 3. The van der Waals surface area contributed by atoms with Gasteiger partial charge in [-0.15, -0.1) is 0 Å². The predicted molar refractivity (Wildman–Crippen MR) is 129 cm³/mol. The van der Waals surface area contributed by atoms with Crippen LogP contribution in [0.3, 0.4) is 0 Å². The molecule has 2 aliphatic heterocycles. The minimum absolute atomic E-state index is 0.0493. The van der Waals surface area contributed by atoms with Crippen molar-refractivity contribution in [2.75, 3.05) is 4.90 Å². The van der Waals surface area contributed by atoms with E-state index in [-0.39, 0.29) is 35.2 Å². The van der Waals surface area contributed by atoms with Gasteiger partial charge in [0.1, 0.15) is 6.04 Å². The highest BCUT2D eigenvalue weighted by Gasteiger charge is 2.45. The second kappa shape index (κ2) is 8.79. The summed E-state index contributed by atoms with van der Waals surface area (Å²) < 4.78 is 0. The molecule has 3 aromatic rings. The summed E-state index contributed by atoms with van der Waals surface area (Å²) in [7, 11) is 0. The highest BCUT2D eigenvalue weighted by atomic mass is 16.6. The topological polar surface area (TPSA) is 101 Å². The van der Waals surface area contributed by atoms with Gasteiger partial charge in [0.2, 0.25) is 0 Å². The first kappa shape index (κ1) is 22.5. The lowest BCUT2D eigenvalue weighted by Crippen LogP contribution is -2.55. The first-order valence-electron chi connectivity index (χ1n) is 11.5. The van der Waals surface area contributed by atoms with Gasteiger partial charge >= 0.3 is 0 Å². The van der Waals surface area contributed by atoms with Crippen molar-refractivity contribution in [1.29, 1.82) is 0 Å². The van der Waals surface area contributed by atoms with Crippen LogP contribution in [0.5, 0.6) is 0 Å². The van der Waals surface area contributed by atoms with Crippen molar-refractivity contribution in [2.45, 2.75) is 38.3 Å². The monoisotopic (exact) mass is 469 g/mol. The van der Waals surface area contributed by atoms with Gasteiger partial charge in [-0.3, -0.25) is 29.4 Å². The fourth-order valence-corrected chi connectivity index (χ4v) is 4.94. The van der Waals surface area contributed by atoms with Crippen LogP contribution in [0.4, 0.5) is 11.4 Å². The number of hydrogen-bond acceptors (Lipinski definition) is 5. The first-order chi connectivity index (χ1) is 16.9. The Balaban J connectivity index is 1.57. The van der Waals surface area contributed by atoms with Crippen LogP contribution in [0.25, 0.3) is 0 Å². The van der Waals surface area contributed by atoms with E-state index in [1.807, 2.05) is 31.2 Å². The van der Waals surface area contributed by atoms with E-state index in [0.717, 1.165) is 29.0 Å². The Bertz CT molecular complexity index is 1320. The summed E-state index contributed by atoms with van der Waals surface area (Å²) in [5.41, 5.74) is 2.90. The van der Waals surface area contributed by atoms with Gasteiger partial charge < -0.3 is 4.90 Å². The summed E-state index contributed by atoms with van der Waals surface area (Å²) in [6, 6.07) is 18.8. The number of amides is 3. The number of nitro benzene ring substituents is 1. The van der Waals surface area contributed by atoms with E-state index >= 15 is 0 Å². The Morgan fingerprint density at radius 2 is 1.57 bits per heavy atom. The summed E-state index contributed by atoms with van der Waals surface area (Å²) in [6.45, 7) is 1.96. The quantitative estimate of drug-likeness (QED) is 0.317. The molecule has 35 heavy (non-hydrogen) atoms. The summed E-state index contributed by atoms with van der Waals surface area (Å²) >= 11 is 0. The number of carbonyl (C=O) groups excluding carboxylic acids is 3. The first-order valence-corrected chi connectivity index (χ1v) is 11.5. The van der Waals surface area contributed by atoms with Crippen LogP contribution < -0.4 is 4.90 Å². The molecule has 5 rings (SSSR count). The number of carbonyl (C=O) groups is 3. The molecule has 2 aliphatic rings. The molecule has 176 valence electrons. The maximum absolute atomic E-state index is 14.2. The number of aryl methyl sites for hydroxylation is 1. The maximum Gasteiger partial charge on any atom is 0.269 e. The summed E-state index contributed by atoms with van der Waals surface area (Å²) in [4.78, 5) is 54.2. The van der Waals surface area contributed by atoms with Crippen LogP contribution in [-0.4, -0.2) is 39.6 Å².